The van der Waals surface area contributed by atoms with E-state index in [1.807, 2.05) is 6.92 Å². The van der Waals surface area contributed by atoms with Crippen molar-refractivity contribution in [3.8, 4) is 0 Å². The fourth-order valence-corrected chi connectivity index (χ4v) is 0.418. The molecule has 0 bridgehead atoms. The molecule has 0 aromatic carbocycles. The third-order valence-electron chi connectivity index (χ3n) is 0.868. The van der Waals surface area contributed by atoms with E-state index >= 15 is 0 Å². The maximum absolute atomic E-state index is 5.44. The van der Waals surface area contributed by atoms with Crippen molar-refractivity contribution in [3.05, 3.63) is 11.5 Å². The summed E-state index contributed by atoms with van der Waals surface area (Å²) in [6.07, 6.45) is 0.919. The van der Waals surface area contributed by atoms with Gasteiger partial charge in [0.05, 0.1) is 0 Å². The molecule has 1 nitrogen and oxygen atoms in total. The van der Waals surface area contributed by atoms with E-state index in [9.17, 15) is 0 Å². The Morgan fingerprint density at radius 2 is 2.43 bits per heavy atom. The molecule has 0 spiro atoms. The number of hydrogen-bond donors (Lipinski definition) is 2. The summed E-state index contributed by atoms with van der Waals surface area (Å²) in [6.45, 7) is 5.57. The Morgan fingerprint density at radius 1 is 2.00 bits per heavy atom. The Balaban J connectivity index is 3.34. The van der Waals surface area contributed by atoms with Crippen LogP contribution in [-0.4, -0.2) is 6.04 Å². The van der Waals surface area contributed by atoms with Gasteiger partial charge in [0.25, 0.3) is 0 Å². The molecule has 7 heavy (non-hydrogen) atoms. The van der Waals surface area contributed by atoms with E-state index in [0.29, 0.717) is 0 Å². The van der Waals surface area contributed by atoms with Gasteiger partial charge in [0.2, 0.25) is 0 Å². The lowest BCUT2D eigenvalue weighted by atomic mass is 10.2. The largest absolute Gasteiger partial charge is 0.324 e. The Bertz CT molecular complexity index is 70.5. The van der Waals surface area contributed by atoms with Crippen LogP contribution in [0.15, 0.2) is 11.5 Å². The van der Waals surface area contributed by atoms with Gasteiger partial charge in [0, 0.05) is 6.04 Å². The highest BCUT2D eigenvalue weighted by atomic mass is 32.1. The molecule has 1 unspecified atom stereocenters. The van der Waals surface area contributed by atoms with Crippen LogP contribution < -0.4 is 5.73 Å². The second kappa shape index (κ2) is 3.10. The van der Waals surface area contributed by atoms with Crippen molar-refractivity contribution in [2.24, 2.45) is 5.73 Å². The number of rotatable bonds is 2. The highest BCUT2D eigenvalue weighted by Crippen LogP contribution is 2.02. The summed E-state index contributed by atoms with van der Waals surface area (Å²) in [5.41, 5.74) is 5.44. The lowest BCUT2D eigenvalue weighted by molar-refractivity contribution is 0.775. The van der Waals surface area contributed by atoms with Gasteiger partial charge in [0.15, 0.2) is 0 Å². The molecular weight excluding hydrogens is 106 g/mol. The third-order valence-corrected chi connectivity index (χ3v) is 1.20. The second-order valence-electron chi connectivity index (χ2n) is 1.51. The molecule has 42 valence electrons. The summed E-state index contributed by atoms with van der Waals surface area (Å²) in [5.74, 6) is 0. The van der Waals surface area contributed by atoms with Crippen LogP contribution in [0.5, 0.6) is 0 Å². The zero-order chi connectivity index (χ0) is 5.86. The molecule has 0 saturated heterocycles. The van der Waals surface area contributed by atoms with Crippen molar-refractivity contribution in [1.29, 1.82) is 0 Å². The summed E-state index contributed by atoms with van der Waals surface area (Å²) in [6, 6.07) is 0.0725. The smallest absolute Gasteiger partial charge is 0.0343 e. The molecule has 0 aliphatic rings. The molecule has 0 saturated carbocycles. The van der Waals surface area contributed by atoms with Crippen molar-refractivity contribution < 1.29 is 0 Å². The standard InChI is InChI=1S/C5H11NS/c1-3-5(6)4(2)7/h5,7H,2-3,6H2,1H3. The van der Waals surface area contributed by atoms with Gasteiger partial charge in [0.1, 0.15) is 0 Å². The van der Waals surface area contributed by atoms with Crippen LogP contribution in [0.3, 0.4) is 0 Å². The molecule has 0 radical (unpaired) electrons. The minimum Gasteiger partial charge on any atom is -0.324 e. The number of nitrogens with two attached hydrogens (primary N) is 1. The average molecular weight is 117 g/mol. The Labute approximate surface area is 50.0 Å². The van der Waals surface area contributed by atoms with Crippen molar-refractivity contribution in [3.63, 3.8) is 0 Å². The van der Waals surface area contributed by atoms with E-state index in [0.717, 1.165) is 11.3 Å². The van der Waals surface area contributed by atoms with Crippen molar-refractivity contribution in [2.75, 3.05) is 0 Å². The van der Waals surface area contributed by atoms with Gasteiger partial charge in [-0.25, -0.2) is 0 Å². The SMILES string of the molecule is C=C(S)C(N)CC. The highest BCUT2D eigenvalue weighted by molar-refractivity contribution is 7.84. The lowest BCUT2D eigenvalue weighted by Gasteiger charge is -2.03. The molecule has 0 amide bonds. The fraction of sp³-hybridized carbons (Fsp3) is 0.600. The molecular formula is C5H11NS. The Kier molecular flexibility index (Phi) is 3.13. The summed E-state index contributed by atoms with van der Waals surface area (Å²) in [7, 11) is 0. The van der Waals surface area contributed by atoms with E-state index in [4.69, 9.17) is 5.73 Å². The predicted molar refractivity (Wildman–Crippen MR) is 36.4 cm³/mol. The third kappa shape index (κ3) is 2.71. The molecule has 0 aromatic rings. The fourth-order valence-electron chi connectivity index (χ4n) is 0.236. The van der Waals surface area contributed by atoms with Gasteiger partial charge in [-0.3, -0.25) is 0 Å². The quantitative estimate of drug-likeness (QED) is 0.522. The lowest BCUT2D eigenvalue weighted by Crippen LogP contribution is -2.17. The van der Waals surface area contributed by atoms with Crippen LogP contribution in [0, 0.1) is 0 Å². The molecule has 0 fully saturated rings. The summed E-state index contributed by atoms with van der Waals surface area (Å²) in [4.78, 5) is 0.766. The molecule has 2 heteroatoms. The normalized spacial score (nSPS) is 13.6. The van der Waals surface area contributed by atoms with Crippen molar-refractivity contribution >= 4 is 12.6 Å². The molecule has 1 atom stereocenters. The first-order chi connectivity index (χ1) is 3.18. The first kappa shape index (κ1) is 7.05. The van der Waals surface area contributed by atoms with Crippen molar-refractivity contribution in [1.82, 2.24) is 0 Å². The van der Waals surface area contributed by atoms with Crippen LogP contribution in [0.4, 0.5) is 0 Å². The average Bonchev–Trinajstić information content (AvgIpc) is 1.65. The zero-order valence-corrected chi connectivity index (χ0v) is 5.41. The van der Waals surface area contributed by atoms with E-state index in [1.165, 1.54) is 0 Å². The summed E-state index contributed by atoms with van der Waals surface area (Å²) >= 11 is 3.95. The topological polar surface area (TPSA) is 26.0 Å². The van der Waals surface area contributed by atoms with Crippen LogP contribution >= 0.6 is 12.6 Å². The Hall–Kier alpha value is 0.0500. The van der Waals surface area contributed by atoms with Gasteiger partial charge in [-0.15, -0.1) is 12.6 Å². The van der Waals surface area contributed by atoms with Gasteiger partial charge in [-0.05, 0) is 11.3 Å². The molecule has 0 aliphatic carbocycles. The monoisotopic (exact) mass is 117 g/mol. The maximum atomic E-state index is 5.44. The van der Waals surface area contributed by atoms with Crippen molar-refractivity contribution in [2.45, 2.75) is 19.4 Å². The van der Waals surface area contributed by atoms with Crippen LogP contribution in [0.2, 0.25) is 0 Å². The number of hydrogen-bond acceptors (Lipinski definition) is 2. The highest BCUT2D eigenvalue weighted by Gasteiger charge is 1.95. The molecule has 0 rings (SSSR count). The van der Waals surface area contributed by atoms with E-state index in [1.54, 1.807) is 0 Å². The van der Waals surface area contributed by atoms with Crippen LogP contribution in [0.25, 0.3) is 0 Å². The minimum atomic E-state index is 0.0725. The summed E-state index contributed by atoms with van der Waals surface area (Å²) in [5, 5.41) is 0. The molecule has 0 aromatic heterocycles. The van der Waals surface area contributed by atoms with E-state index in [-0.39, 0.29) is 6.04 Å². The van der Waals surface area contributed by atoms with E-state index in [2.05, 4.69) is 19.2 Å². The molecule has 0 heterocycles. The summed E-state index contributed by atoms with van der Waals surface area (Å²) < 4.78 is 0. The van der Waals surface area contributed by atoms with E-state index < -0.39 is 0 Å². The first-order valence-corrected chi connectivity index (χ1v) is 2.76. The minimum absolute atomic E-state index is 0.0725. The van der Waals surface area contributed by atoms with Gasteiger partial charge in [-0.2, -0.15) is 0 Å². The second-order valence-corrected chi connectivity index (χ2v) is 2.08. The molecule has 2 N–H and O–H groups in total. The zero-order valence-electron chi connectivity index (χ0n) is 4.52. The van der Waals surface area contributed by atoms with Gasteiger partial charge < -0.3 is 5.73 Å². The first-order valence-electron chi connectivity index (χ1n) is 2.31. The van der Waals surface area contributed by atoms with Gasteiger partial charge in [-0.1, -0.05) is 13.5 Å². The molecule has 0 aliphatic heterocycles. The Morgan fingerprint density at radius 3 is 2.43 bits per heavy atom. The van der Waals surface area contributed by atoms with Crippen LogP contribution in [0.1, 0.15) is 13.3 Å². The number of thiol groups is 1. The van der Waals surface area contributed by atoms with Crippen LogP contribution in [-0.2, 0) is 0 Å². The van der Waals surface area contributed by atoms with Gasteiger partial charge >= 0.3 is 0 Å². The predicted octanol–water partition coefficient (Wildman–Crippen LogP) is 1.17. The maximum Gasteiger partial charge on any atom is 0.0343 e.